The van der Waals surface area contributed by atoms with Gasteiger partial charge in [0.1, 0.15) is 0 Å². The Morgan fingerprint density at radius 3 is 2.44 bits per heavy atom. The molecule has 18 heavy (non-hydrogen) atoms. The number of carbonyl (C=O) groups is 2. The van der Waals surface area contributed by atoms with E-state index in [9.17, 15) is 9.59 Å². The standard InChI is InChI=1S/C14H16N2O2/c17-13-7-4-10-15(11-5-2-1-3-6-11)14(18)16(13)12-8-9-12/h1-3,5-6,12H,4,7-10H2. The molecule has 1 heterocycles. The smallest absolute Gasteiger partial charge is 0.294 e. The minimum atomic E-state index is -0.147. The number of para-hydroxylation sites is 1. The summed E-state index contributed by atoms with van der Waals surface area (Å²) in [5, 5.41) is 0. The van der Waals surface area contributed by atoms with Crippen LogP contribution >= 0.6 is 0 Å². The van der Waals surface area contributed by atoms with Gasteiger partial charge in [0.15, 0.2) is 0 Å². The molecule has 1 aliphatic heterocycles. The highest BCUT2D eigenvalue weighted by Crippen LogP contribution is 2.31. The van der Waals surface area contributed by atoms with Gasteiger partial charge in [0.25, 0.3) is 0 Å². The third-order valence-electron chi connectivity index (χ3n) is 3.46. The van der Waals surface area contributed by atoms with Crippen molar-refractivity contribution in [2.75, 3.05) is 11.4 Å². The average molecular weight is 244 g/mol. The van der Waals surface area contributed by atoms with Crippen LogP contribution in [0.15, 0.2) is 30.3 Å². The van der Waals surface area contributed by atoms with E-state index >= 15 is 0 Å². The fraction of sp³-hybridized carbons (Fsp3) is 0.429. The molecule has 3 amide bonds. The molecule has 2 aliphatic rings. The van der Waals surface area contributed by atoms with E-state index in [1.165, 1.54) is 4.90 Å². The maximum Gasteiger partial charge on any atom is 0.331 e. The first-order chi connectivity index (χ1) is 8.77. The predicted molar refractivity (Wildman–Crippen MR) is 68.3 cm³/mol. The second-order valence-corrected chi connectivity index (χ2v) is 4.87. The Balaban J connectivity index is 1.90. The summed E-state index contributed by atoms with van der Waals surface area (Å²) in [7, 11) is 0. The summed E-state index contributed by atoms with van der Waals surface area (Å²) in [6.45, 7) is 0.623. The third-order valence-corrected chi connectivity index (χ3v) is 3.46. The minimum Gasteiger partial charge on any atom is -0.294 e. The van der Waals surface area contributed by atoms with Crippen molar-refractivity contribution in [2.45, 2.75) is 31.7 Å². The van der Waals surface area contributed by atoms with Gasteiger partial charge in [-0.25, -0.2) is 4.79 Å². The quantitative estimate of drug-likeness (QED) is 0.801. The van der Waals surface area contributed by atoms with E-state index in [1.54, 1.807) is 4.90 Å². The van der Waals surface area contributed by atoms with E-state index < -0.39 is 0 Å². The van der Waals surface area contributed by atoms with Crippen LogP contribution in [0.2, 0.25) is 0 Å². The molecular weight excluding hydrogens is 228 g/mol. The zero-order valence-corrected chi connectivity index (χ0v) is 10.2. The lowest BCUT2D eigenvalue weighted by Gasteiger charge is -2.26. The van der Waals surface area contributed by atoms with Gasteiger partial charge in [0.2, 0.25) is 5.91 Å². The fourth-order valence-electron chi connectivity index (χ4n) is 2.38. The number of carbonyl (C=O) groups excluding carboxylic acids is 2. The van der Waals surface area contributed by atoms with Crippen molar-refractivity contribution < 1.29 is 9.59 Å². The molecule has 4 heteroatoms. The van der Waals surface area contributed by atoms with Crippen molar-refractivity contribution in [1.82, 2.24) is 4.90 Å². The molecule has 0 atom stereocenters. The first-order valence-corrected chi connectivity index (χ1v) is 6.46. The number of rotatable bonds is 2. The SMILES string of the molecule is O=C1CCCN(c2ccccc2)C(=O)N1C1CC1. The van der Waals surface area contributed by atoms with Crippen molar-refractivity contribution in [3.05, 3.63) is 30.3 Å². The number of amides is 3. The van der Waals surface area contributed by atoms with Crippen molar-refractivity contribution >= 4 is 17.6 Å². The highest BCUT2D eigenvalue weighted by molar-refractivity contribution is 6.04. The molecule has 0 radical (unpaired) electrons. The Kier molecular flexibility index (Phi) is 2.78. The number of benzene rings is 1. The van der Waals surface area contributed by atoms with Gasteiger partial charge in [-0.3, -0.25) is 14.6 Å². The molecule has 3 rings (SSSR count). The van der Waals surface area contributed by atoms with Crippen LogP contribution in [-0.2, 0) is 4.79 Å². The normalized spacial score (nSPS) is 21.1. The monoisotopic (exact) mass is 244 g/mol. The molecule has 1 aromatic carbocycles. The Hall–Kier alpha value is -1.84. The highest BCUT2D eigenvalue weighted by Gasteiger charge is 2.40. The summed E-state index contributed by atoms with van der Waals surface area (Å²) >= 11 is 0. The Labute approximate surface area is 106 Å². The second kappa shape index (κ2) is 4.44. The second-order valence-electron chi connectivity index (χ2n) is 4.87. The van der Waals surface area contributed by atoms with Gasteiger partial charge in [-0.05, 0) is 31.4 Å². The van der Waals surface area contributed by atoms with Crippen molar-refractivity contribution in [3.8, 4) is 0 Å². The molecule has 0 bridgehead atoms. The van der Waals surface area contributed by atoms with Crippen LogP contribution in [0.4, 0.5) is 10.5 Å². The molecule has 0 aromatic heterocycles. The highest BCUT2D eigenvalue weighted by atomic mass is 16.2. The van der Waals surface area contributed by atoms with Gasteiger partial charge in [0, 0.05) is 24.7 Å². The molecule has 1 aromatic rings. The zero-order valence-electron chi connectivity index (χ0n) is 10.2. The molecule has 1 saturated carbocycles. The molecule has 0 spiro atoms. The average Bonchev–Trinajstić information content (AvgIpc) is 3.20. The maximum atomic E-state index is 12.5. The summed E-state index contributed by atoms with van der Waals surface area (Å²) in [4.78, 5) is 27.6. The number of anilines is 1. The van der Waals surface area contributed by atoms with Crippen LogP contribution in [0.5, 0.6) is 0 Å². The minimum absolute atomic E-state index is 0.0130. The van der Waals surface area contributed by atoms with E-state index in [4.69, 9.17) is 0 Å². The van der Waals surface area contributed by atoms with Gasteiger partial charge in [0.05, 0.1) is 0 Å². The molecule has 94 valence electrons. The van der Waals surface area contributed by atoms with Crippen LogP contribution in [-0.4, -0.2) is 29.4 Å². The van der Waals surface area contributed by atoms with E-state index in [0.717, 1.165) is 24.9 Å². The number of hydrogen-bond acceptors (Lipinski definition) is 2. The van der Waals surface area contributed by atoms with Gasteiger partial charge in [-0.1, -0.05) is 18.2 Å². The van der Waals surface area contributed by atoms with Crippen LogP contribution in [0, 0.1) is 0 Å². The molecule has 2 fully saturated rings. The third kappa shape index (κ3) is 1.98. The first kappa shape index (κ1) is 11.3. The maximum absolute atomic E-state index is 12.5. The number of nitrogens with zero attached hydrogens (tertiary/aromatic N) is 2. The number of hydrogen-bond donors (Lipinski definition) is 0. The van der Waals surface area contributed by atoms with Crippen LogP contribution in [0.1, 0.15) is 25.7 Å². The van der Waals surface area contributed by atoms with Crippen LogP contribution in [0.25, 0.3) is 0 Å². The van der Waals surface area contributed by atoms with Crippen molar-refractivity contribution in [1.29, 1.82) is 0 Å². The Morgan fingerprint density at radius 1 is 1.06 bits per heavy atom. The molecule has 0 unspecified atom stereocenters. The summed E-state index contributed by atoms with van der Waals surface area (Å²) in [5.74, 6) is -0.0130. The lowest BCUT2D eigenvalue weighted by Crippen LogP contribution is -2.45. The van der Waals surface area contributed by atoms with Crippen molar-refractivity contribution in [2.24, 2.45) is 0 Å². The van der Waals surface area contributed by atoms with E-state index in [1.807, 2.05) is 30.3 Å². The summed E-state index contributed by atoms with van der Waals surface area (Å²) in [5.41, 5.74) is 0.878. The fourth-order valence-corrected chi connectivity index (χ4v) is 2.38. The van der Waals surface area contributed by atoms with Gasteiger partial charge >= 0.3 is 6.03 Å². The molecular formula is C14H16N2O2. The van der Waals surface area contributed by atoms with Gasteiger partial charge < -0.3 is 0 Å². The predicted octanol–water partition coefficient (Wildman–Crippen LogP) is 2.40. The largest absolute Gasteiger partial charge is 0.331 e. The lowest BCUT2D eigenvalue weighted by molar-refractivity contribution is -0.128. The molecule has 0 N–H and O–H groups in total. The number of imide groups is 1. The summed E-state index contributed by atoms with van der Waals surface area (Å²) in [6.07, 6.45) is 3.13. The first-order valence-electron chi connectivity index (χ1n) is 6.46. The van der Waals surface area contributed by atoms with E-state index in [0.29, 0.717) is 13.0 Å². The van der Waals surface area contributed by atoms with Crippen molar-refractivity contribution in [3.63, 3.8) is 0 Å². The summed E-state index contributed by atoms with van der Waals surface area (Å²) in [6, 6.07) is 9.58. The Bertz CT molecular complexity index is 468. The topological polar surface area (TPSA) is 40.6 Å². The summed E-state index contributed by atoms with van der Waals surface area (Å²) < 4.78 is 0. The van der Waals surface area contributed by atoms with Crippen LogP contribution < -0.4 is 4.90 Å². The van der Waals surface area contributed by atoms with E-state index in [-0.39, 0.29) is 18.0 Å². The van der Waals surface area contributed by atoms with Gasteiger partial charge in [-0.15, -0.1) is 0 Å². The molecule has 1 saturated heterocycles. The van der Waals surface area contributed by atoms with E-state index in [2.05, 4.69) is 0 Å². The van der Waals surface area contributed by atoms with Gasteiger partial charge in [-0.2, -0.15) is 0 Å². The lowest BCUT2D eigenvalue weighted by atomic mass is 10.2. The molecule has 1 aliphatic carbocycles. The zero-order chi connectivity index (χ0) is 12.5. The van der Waals surface area contributed by atoms with Crippen LogP contribution in [0.3, 0.4) is 0 Å². The number of urea groups is 1. The Morgan fingerprint density at radius 2 is 1.78 bits per heavy atom. The molecule has 4 nitrogen and oxygen atoms in total.